The number of methoxy groups -OCH3 is 1. The van der Waals surface area contributed by atoms with E-state index in [-0.39, 0.29) is 0 Å². The number of fused-ring (bicyclic) bond motifs is 1. The summed E-state index contributed by atoms with van der Waals surface area (Å²) in [6.07, 6.45) is 2.24. The van der Waals surface area contributed by atoms with Crippen LogP contribution >= 0.6 is 0 Å². The zero-order valence-electron chi connectivity index (χ0n) is 12.0. The minimum absolute atomic E-state index is 0.972. The first-order valence-electron chi connectivity index (χ1n) is 7.27. The zero-order valence-corrected chi connectivity index (χ0v) is 12.0. The average molecular weight is 267 g/mol. The van der Waals surface area contributed by atoms with Crippen LogP contribution < -0.4 is 4.74 Å². The summed E-state index contributed by atoms with van der Waals surface area (Å²) in [6, 6.07) is 17.2. The van der Waals surface area contributed by atoms with Gasteiger partial charge in [-0.05, 0) is 41.7 Å². The summed E-state index contributed by atoms with van der Waals surface area (Å²) in [5.74, 6) is 0.972. The number of nitrogens with zero attached hydrogens (tertiary/aromatic N) is 1. The Morgan fingerprint density at radius 2 is 1.70 bits per heavy atom. The molecule has 2 aromatic carbocycles. The van der Waals surface area contributed by atoms with Crippen LogP contribution in [0.1, 0.15) is 16.7 Å². The molecule has 0 bridgehead atoms. The van der Waals surface area contributed by atoms with Gasteiger partial charge in [-0.25, -0.2) is 0 Å². The first kappa shape index (κ1) is 13.2. The second-order valence-electron chi connectivity index (χ2n) is 5.40. The summed E-state index contributed by atoms with van der Waals surface area (Å²) in [6.45, 7) is 3.30. The van der Waals surface area contributed by atoms with E-state index in [1.165, 1.54) is 16.7 Å². The fourth-order valence-electron chi connectivity index (χ4n) is 2.87. The van der Waals surface area contributed by atoms with Gasteiger partial charge in [-0.3, -0.25) is 4.90 Å². The molecule has 2 aromatic rings. The lowest BCUT2D eigenvalue weighted by molar-refractivity contribution is 0.279. The van der Waals surface area contributed by atoms with E-state index in [1.54, 1.807) is 7.11 Å². The highest BCUT2D eigenvalue weighted by Crippen LogP contribution is 2.22. The van der Waals surface area contributed by atoms with Crippen molar-refractivity contribution in [2.45, 2.75) is 19.4 Å². The molecule has 0 spiro atoms. The summed E-state index contributed by atoms with van der Waals surface area (Å²) in [7, 11) is 1.74. The average Bonchev–Trinajstić information content (AvgIpc) is 2.70. The molecule has 1 heterocycles. The second-order valence-corrected chi connectivity index (χ2v) is 5.40. The second kappa shape index (κ2) is 6.10. The molecule has 0 aliphatic carbocycles. The highest BCUT2D eigenvalue weighted by molar-refractivity contribution is 5.36. The molecule has 104 valence electrons. The molecule has 0 saturated carbocycles. The molecule has 0 aromatic heterocycles. The number of rotatable bonds is 3. The van der Waals surface area contributed by atoms with Crippen molar-refractivity contribution < 1.29 is 4.74 Å². The lowest BCUT2D eigenvalue weighted by atomic mass is 10.0. The Morgan fingerprint density at radius 3 is 2.45 bits per heavy atom. The Labute approximate surface area is 121 Å². The van der Waals surface area contributed by atoms with Crippen LogP contribution in [0, 0.1) is 0 Å². The van der Waals surface area contributed by atoms with Crippen LogP contribution in [-0.4, -0.2) is 25.1 Å². The van der Waals surface area contributed by atoms with Gasteiger partial charge in [0.1, 0.15) is 5.75 Å². The summed E-state index contributed by atoms with van der Waals surface area (Å²) in [5, 5.41) is 0. The van der Waals surface area contributed by atoms with Crippen LogP contribution in [0.4, 0.5) is 0 Å². The van der Waals surface area contributed by atoms with Crippen molar-refractivity contribution in [3.8, 4) is 5.75 Å². The van der Waals surface area contributed by atoms with Gasteiger partial charge in [0.05, 0.1) is 7.11 Å². The van der Waals surface area contributed by atoms with Gasteiger partial charge in [0.15, 0.2) is 0 Å². The van der Waals surface area contributed by atoms with Crippen molar-refractivity contribution in [2.75, 3.05) is 20.2 Å². The Morgan fingerprint density at radius 1 is 0.950 bits per heavy atom. The monoisotopic (exact) mass is 267 g/mol. The predicted molar refractivity (Wildman–Crippen MR) is 82.1 cm³/mol. The third kappa shape index (κ3) is 3.02. The van der Waals surface area contributed by atoms with Crippen molar-refractivity contribution in [1.29, 1.82) is 0 Å². The number of hydrogen-bond acceptors (Lipinski definition) is 2. The highest BCUT2D eigenvalue weighted by atomic mass is 16.5. The van der Waals surface area contributed by atoms with Gasteiger partial charge in [-0.2, -0.15) is 0 Å². The minimum atomic E-state index is 0.972. The Bertz CT molecular complexity index is 565. The van der Waals surface area contributed by atoms with Crippen LogP contribution in [0.3, 0.4) is 0 Å². The number of ether oxygens (including phenoxy) is 1. The van der Waals surface area contributed by atoms with Gasteiger partial charge < -0.3 is 4.74 Å². The van der Waals surface area contributed by atoms with Gasteiger partial charge in [-0.1, -0.05) is 36.4 Å². The topological polar surface area (TPSA) is 12.5 Å². The maximum atomic E-state index is 5.33. The van der Waals surface area contributed by atoms with Crippen molar-refractivity contribution in [3.63, 3.8) is 0 Å². The molecule has 0 amide bonds. The Kier molecular flexibility index (Phi) is 4.03. The molecule has 2 heteroatoms. The number of benzene rings is 2. The van der Waals surface area contributed by atoms with Crippen molar-refractivity contribution in [3.05, 3.63) is 65.2 Å². The fourth-order valence-corrected chi connectivity index (χ4v) is 2.87. The molecular weight excluding hydrogens is 246 g/mol. The van der Waals surface area contributed by atoms with E-state index in [2.05, 4.69) is 53.4 Å². The van der Waals surface area contributed by atoms with Crippen LogP contribution in [0.2, 0.25) is 0 Å². The summed E-state index contributed by atoms with van der Waals surface area (Å²) >= 11 is 0. The van der Waals surface area contributed by atoms with E-state index in [4.69, 9.17) is 4.74 Å². The first-order valence-corrected chi connectivity index (χ1v) is 7.27. The SMILES string of the molecule is COc1ccc2c(c1)CCN(Cc1ccccc1)CC2. The van der Waals surface area contributed by atoms with Gasteiger partial charge in [-0.15, -0.1) is 0 Å². The normalized spacial score (nSPS) is 15.4. The maximum Gasteiger partial charge on any atom is 0.119 e. The molecule has 2 nitrogen and oxygen atoms in total. The van der Waals surface area contributed by atoms with Gasteiger partial charge in [0.25, 0.3) is 0 Å². The molecule has 0 atom stereocenters. The molecule has 3 rings (SSSR count). The van der Waals surface area contributed by atoms with Gasteiger partial charge in [0.2, 0.25) is 0 Å². The standard InChI is InChI=1S/C18H21NO/c1-20-18-8-7-16-9-11-19(12-10-17(16)13-18)14-15-5-3-2-4-6-15/h2-8,13H,9-12,14H2,1H3. The highest BCUT2D eigenvalue weighted by Gasteiger charge is 2.14. The minimum Gasteiger partial charge on any atom is -0.497 e. The smallest absolute Gasteiger partial charge is 0.119 e. The van der Waals surface area contributed by atoms with E-state index in [0.717, 1.165) is 38.2 Å². The van der Waals surface area contributed by atoms with Crippen LogP contribution in [0.15, 0.2) is 48.5 Å². The summed E-state index contributed by atoms with van der Waals surface area (Å²) in [5.41, 5.74) is 4.32. The first-order chi connectivity index (χ1) is 9.85. The zero-order chi connectivity index (χ0) is 13.8. The van der Waals surface area contributed by atoms with Crippen LogP contribution in [0.5, 0.6) is 5.75 Å². The third-order valence-electron chi connectivity index (χ3n) is 4.06. The molecule has 0 unspecified atom stereocenters. The molecule has 0 saturated heterocycles. The molecular formula is C18H21NO. The molecule has 0 N–H and O–H groups in total. The summed E-state index contributed by atoms with van der Waals surface area (Å²) < 4.78 is 5.33. The predicted octanol–water partition coefficient (Wildman–Crippen LogP) is 3.30. The summed E-state index contributed by atoms with van der Waals surface area (Å²) in [4.78, 5) is 2.54. The lowest BCUT2D eigenvalue weighted by Gasteiger charge is -2.19. The van der Waals surface area contributed by atoms with E-state index in [9.17, 15) is 0 Å². The molecule has 0 fully saturated rings. The van der Waals surface area contributed by atoms with Crippen molar-refractivity contribution >= 4 is 0 Å². The van der Waals surface area contributed by atoms with E-state index in [0.29, 0.717) is 0 Å². The quantitative estimate of drug-likeness (QED) is 0.846. The fraction of sp³-hybridized carbons (Fsp3) is 0.333. The van der Waals surface area contributed by atoms with Crippen LogP contribution in [0.25, 0.3) is 0 Å². The van der Waals surface area contributed by atoms with Crippen molar-refractivity contribution in [2.24, 2.45) is 0 Å². The van der Waals surface area contributed by atoms with Crippen LogP contribution in [-0.2, 0) is 19.4 Å². The third-order valence-corrected chi connectivity index (χ3v) is 4.06. The molecule has 1 aliphatic rings. The van der Waals surface area contributed by atoms with E-state index in [1.807, 2.05) is 0 Å². The molecule has 20 heavy (non-hydrogen) atoms. The van der Waals surface area contributed by atoms with E-state index >= 15 is 0 Å². The molecule has 0 radical (unpaired) electrons. The molecule has 1 aliphatic heterocycles. The largest absolute Gasteiger partial charge is 0.497 e. The van der Waals surface area contributed by atoms with Gasteiger partial charge in [0, 0.05) is 19.6 Å². The Hall–Kier alpha value is -1.80. The Balaban J connectivity index is 1.69. The lowest BCUT2D eigenvalue weighted by Crippen LogP contribution is -2.25. The van der Waals surface area contributed by atoms with E-state index < -0.39 is 0 Å². The van der Waals surface area contributed by atoms with Crippen molar-refractivity contribution in [1.82, 2.24) is 4.90 Å². The maximum absolute atomic E-state index is 5.33. The van der Waals surface area contributed by atoms with Gasteiger partial charge >= 0.3 is 0 Å². The number of hydrogen-bond donors (Lipinski definition) is 0.